The number of benzene rings is 1. The molecule has 0 radical (unpaired) electrons. The zero-order valence-electron chi connectivity index (χ0n) is 16.3. The second-order valence-electron chi connectivity index (χ2n) is 6.46. The lowest BCUT2D eigenvalue weighted by Gasteiger charge is -2.26. The van der Waals surface area contributed by atoms with Gasteiger partial charge in [0.1, 0.15) is 6.26 Å². The molecule has 0 aliphatic carbocycles. The van der Waals surface area contributed by atoms with Crippen molar-refractivity contribution in [1.82, 2.24) is 9.88 Å². The summed E-state index contributed by atoms with van der Waals surface area (Å²) in [5.74, 6) is -0.367. The average Bonchev–Trinajstić information content (AvgIpc) is 3.16. The van der Waals surface area contributed by atoms with Gasteiger partial charge in [0.05, 0.1) is 19.6 Å². The normalized spacial score (nSPS) is 11.8. The number of hydrogen-bond donors (Lipinski definition) is 0. The van der Waals surface area contributed by atoms with Crippen molar-refractivity contribution >= 4 is 11.9 Å². The van der Waals surface area contributed by atoms with Crippen molar-refractivity contribution in [1.29, 1.82) is 0 Å². The minimum atomic E-state index is -0.551. The van der Waals surface area contributed by atoms with Gasteiger partial charge in [-0.2, -0.15) is 0 Å². The number of unbranched alkanes of at least 4 members (excludes halogenated alkanes) is 2. The molecule has 1 heterocycles. The third kappa shape index (κ3) is 5.67. The first-order valence-electron chi connectivity index (χ1n) is 9.47. The van der Waals surface area contributed by atoms with Crippen molar-refractivity contribution in [2.75, 3.05) is 13.7 Å². The highest BCUT2D eigenvalue weighted by Crippen LogP contribution is 2.23. The second-order valence-corrected chi connectivity index (χ2v) is 6.46. The molecule has 1 atom stereocenters. The molecule has 6 heteroatoms. The van der Waals surface area contributed by atoms with Crippen LogP contribution in [0.2, 0.25) is 0 Å². The van der Waals surface area contributed by atoms with E-state index in [9.17, 15) is 9.59 Å². The number of amides is 1. The highest BCUT2D eigenvalue weighted by molar-refractivity contribution is 5.86. The lowest BCUT2D eigenvalue weighted by molar-refractivity contribution is -0.134. The van der Waals surface area contributed by atoms with Gasteiger partial charge < -0.3 is 14.1 Å². The molecule has 6 nitrogen and oxygen atoms in total. The first-order chi connectivity index (χ1) is 13.1. The van der Waals surface area contributed by atoms with Crippen molar-refractivity contribution < 1.29 is 18.7 Å². The second kappa shape index (κ2) is 10.5. The fourth-order valence-electron chi connectivity index (χ4n) is 3.02. The van der Waals surface area contributed by atoms with E-state index >= 15 is 0 Å². The van der Waals surface area contributed by atoms with Gasteiger partial charge in [-0.25, -0.2) is 9.78 Å². The number of esters is 1. The van der Waals surface area contributed by atoms with Crippen molar-refractivity contribution in [3.8, 4) is 0 Å². The van der Waals surface area contributed by atoms with Gasteiger partial charge in [0.15, 0.2) is 5.69 Å². The Morgan fingerprint density at radius 3 is 2.56 bits per heavy atom. The van der Waals surface area contributed by atoms with Gasteiger partial charge in [0.25, 0.3) is 0 Å². The van der Waals surface area contributed by atoms with Gasteiger partial charge in [0, 0.05) is 6.54 Å². The lowest BCUT2D eigenvalue weighted by atomic mass is 9.95. The molecule has 1 aromatic carbocycles. The summed E-state index contributed by atoms with van der Waals surface area (Å²) in [6, 6.07) is 9.81. The number of aromatic nitrogens is 1. The molecule has 0 aliphatic heterocycles. The van der Waals surface area contributed by atoms with Crippen LogP contribution in [0.1, 0.15) is 67.4 Å². The Morgan fingerprint density at radius 2 is 1.93 bits per heavy atom. The molecule has 0 N–H and O–H groups in total. The monoisotopic (exact) mass is 372 g/mol. The molecular formula is C21H28N2O4. The number of methoxy groups -OCH3 is 1. The van der Waals surface area contributed by atoms with Crippen LogP contribution in [-0.2, 0) is 16.1 Å². The summed E-state index contributed by atoms with van der Waals surface area (Å²) in [7, 11) is 1.29. The Kier molecular flexibility index (Phi) is 8.04. The third-order valence-electron chi connectivity index (χ3n) is 4.52. The molecule has 1 aromatic heterocycles. The summed E-state index contributed by atoms with van der Waals surface area (Å²) < 4.78 is 10.0. The Morgan fingerprint density at radius 1 is 1.19 bits per heavy atom. The molecule has 0 saturated carbocycles. The van der Waals surface area contributed by atoms with Gasteiger partial charge in [0.2, 0.25) is 11.8 Å². The molecule has 0 unspecified atom stereocenters. The van der Waals surface area contributed by atoms with Crippen LogP contribution in [0.5, 0.6) is 0 Å². The van der Waals surface area contributed by atoms with Gasteiger partial charge in [-0.15, -0.1) is 0 Å². The fourth-order valence-corrected chi connectivity index (χ4v) is 3.02. The molecule has 0 bridgehead atoms. The SMILES string of the molecule is CCCCCN(Cc1nc(C(=O)OC)co1)C(=O)[C@@H](CC)c1ccccc1. The molecule has 2 aromatic rings. The third-order valence-corrected chi connectivity index (χ3v) is 4.52. The van der Waals surface area contributed by atoms with Gasteiger partial charge >= 0.3 is 5.97 Å². The molecule has 0 spiro atoms. The molecular weight excluding hydrogens is 344 g/mol. The van der Waals surface area contributed by atoms with E-state index in [0.717, 1.165) is 24.8 Å². The molecule has 0 saturated heterocycles. The predicted molar refractivity (Wildman–Crippen MR) is 102 cm³/mol. The number of nitrogens with zero attached hydrogens (tertiary/aromatic N) is 2. The van der Waals surface area contributed by atoms with E-state index in [4.69, 9.17) is 4.42 Å². The predicted octanol–water partition coefficient (Wildman–Crippen LogP) is 4.17. The zero-order chi connectivity index (χ0) is 19.6. The maximum atomic E-state index is 13.2. The first-order valence-corrected chi connectivity index (χ1v) is 9.47. The van der Waals surface area contributed by atoms with Crippen LogP contribution in [0.15, 0.2) is 41.0 Å². The summed E-state index contributed by atoms with van der Waals surface area (Å²) in [6.45, 7) is 5.01. The number of oxazole rings is 1. The maximum Gasteiger partial charge on any atom is 0.360 e. The standard InChI is InChI=1S/C21H28N2O4/c1-4-6-10-13-23(14-19-22-18(15-27-19)21(25)26-3)20(24)17(5-2)16-11-8-7-9-12-16/h7-9,11-12,15,17H,4-6,10,13-14H2,1-3H3/t17-/m0/s1. The van der Waals surface area contributed by atoms with E-state index in [2.05, 4.69) is 16.6 Å². The molecule has 27 heavy (non-hydrogen) atoms. The zero-order valence-corrected chi connectivity index (χ0v) is 16.3. The first kappa shape index (κ1) is 20.7. The van der Waals surface area contributed by atoms with E-state index < -0.39 is 5.97 Å². The van der Waals surface area contributed by atoms with Crippen LogP contribution < -0.4 is 0 Å². The number of ether oxygens (including phenoxy) is 1. The van der Waals surface area contributed by atoms with Crippen molar-refractivity contribution in [2.24, 2.45) is 0 Å². The van der Waals surface area contributed by atoms with Crippen LogP contribution in [-0.4, -0.2) is 35.4 Å². The number of rotatable bonds is 10. The maximum absolute atomic E-state index is 13.2. The van der Waals surface area contributed by atoms with Gasteiger partial charge in [-0.1, -0.05) is 57.0 Å². The Balaban J connectivity index is 2.18. The van der Waals surface area contributed by atoms with Crippen molar-refractivity contribution in [2.45, 2.75) is 52.0 Å². The Labute approximate surface area is 160 Å². The van der Waals surface area contributed by atoms with Gasteiger partial charge in [-0.05, 0) is 18.4 Å². The minimum absolute atomic E-state index is 0.0534. The molecule has 1 amide bonds. The average molecular weight is 372 g/mol. The van der Waals surface area contributed by atoms with E-state index in [-0.39, 0.29) is 24.1 Å². The van der Waals surface area contributed by atoms with Gasteiger partial charge in [-0.3, -0.25) is 4.79 Å². The smallest absolute Gasteiger partial charge is 0.360 e. The van der Waals surface area contributed by atoms with E-state index in [1.807, 2.05) is 37.3 Å². The molecule has 0 fully saturated rings. The summed E-state index contributed by atoms with van der Waals surface area (Å²) in [4.78, 5) is 30.7. The number of carbonyl (C=O) groups is 2. The van der Waals surface area contributed by atoms with Crippen molar-refractivity contribution in [3.63, 3.8) is 0 Å². The van der Waals surface area contributed by atoms with E-state index in [0.29, 0.717) is 18.9 Å². The summed E-state index contributed by atoms with van der Waals surface area (Å²) >= 11 is 0. The van der Waals surface area contributed by atoms with E-state index in [1.165, 1.54) is 13.4 Å². The number of hydrogen-bond acceptors (Lipinski definition) is 5. The Hall–Kier alpha value is -2.63. The molecule has 0 aliphatic rings. The topological polar surface area (TPSA) is 72.6 Å². The van der Waals surface area contributed by atoms with Crippen molar-refractivity contribution in [3.05, 3.63) is 53.7 Å². The summed E-state index contributed by atoms with van der Waals surface area (Å²) in [6.07, 6.45) is 5.02. The van der Waals surface area contributed by atoms with Crippen LogP contribution in [0, 0.1) is 0 Å². The number of carbonyl (C=O) groups excluding carboxylic acids is 2. The van der Waals surface area contributed by atoms with E-state index in [1.54, 1.807) is 4.90 Å². The summed E-state index contributed by atoms with van der Waals surface area (Å²) in [5, 5.41) is 0. The lowest BCUT2D eigenvalue weighted by Crippen LogP contribution is -2.35. The largest absolute Gasteiger partial charge is 0.464 e. The van der Waals surface area contributed by atoms with Crippen LogP contribution in [0.25, 0.3) is 0 Å². The fraction of sp³-hybridized carbons (Fsp3) is 0.476. The molecule has 146 valence electrons. The van der Waals surface area contributed by atoms with Crippen LogP contribution in [0.4, 0.5) is 0 Å². The van der Waals surface area contributed by atoms with Crippen LogP contribution >= 0.6 is 0 Å². The summed E-state index contributed by atoms with van der Waals surface area (Å²) in [5.41, 5.74) is 1.12. The quantitative estimate of drug-likeness (QED) is 0.462. The minimum Gasteiger partial charge on any atom is -0.464 e. The molecule has 2 rings (SSSR count). The highest BCUT2D eigenvalue weighted by Gasteiger charge is 2.26. The highest BCUT2D eigenvalue weighted by atomic mass is 16.5. The Bertz CT molecular complexity index is 727. The van der Waals surface area contributed by atoms with Crippen LogP contribution in [0.3, 0.4) is 0 Å².